The van der Waals surface area contributed by atoms with Gasteiger partial charge >= 0.3 is 0 Å². The fraction of sp³-hybridized carbons (Fsp3) is 0.538. The van der Waals surface area contributed by atoms with Crippen LogP contribution in [0.25, 0.3) is 0 Å². The number of hydrogen-bond donors (Lipinski definition) is 0. The first kappa shape index (κ1) is 18.6. The molecule has 0 nitrogen and oxygen atoms in total. The third-order valence-corrected chi connectivity index (χ3v) is 15.1. The summed E-state index contributed by atoms with van der Waals surface area (Å²) in [5, 5.41) is 0. The second kappa shape index (κ2) is 10.4. The summed E-state index contributed by atoms with van der Waals surface area (Å²) < 4.78 is 0.599. The molecule has 0 radical (unpaired) electrons. The van der Waals surface area contributed by atoms with E-state index in [2.05, 4.69) is 112 Å². The number of rotatable bonds is 4. The van der Waals surface area contributed by atoms with Crippen molar-refractivity contribution in [3.63, 3.8) is 0 Å². The van der Waals surface area contributed by atoms with Gasteiger partial charge in [-0.05, 0) is 5.56 Å². The number of alkyl halides is 2. The summed E-state index contributed by atoms with van der Waals surface area (Å²) in [5.41, 5.74) is 0.686. The largest absolute Gasteiger partial charge is 0.124 e. The molecule has 0 heterocycles. The molecule has 1 aromatic rings. The molecule has 0 bridgehead atoms. The molecule has 0 saturated carbocycles. The zero-order valence-electron chi connectivity index (χ0n) is 10.7. The molecule has 4 heteroatoms. The lowest BCUT2D eigenvalue weighted by molar-refractivity contribution is 1.23. The molecule has 98 valence electrons. The Labute approximate surface area is 147 Å². The molecule has 17 heavy (non-hydrogen) atoms. The first-order valence-corrected chi connectivity index (χ1v) is 14.2. The Morgan fingerprint density at radius 3 is 1.53 bits per heavy atom. The van der Waals surface area contributed by atoms with Crippen LogP contribution in [-0.4, -0.2) is 5.57 Å². The van der Waals surface area contributed by atoms with Crippen LogP contribution in [0.4, 0.5) is 0 Å². The van der Waals surface area contributed by atoms with E-state index in [1.54, 1.807) is 0 Å². The van der Waals surface area contributed by atoms with Gasteiger partial charge in [0.2, 0.25) is 0 Å². The molecule has 1 aromatic carbocycles. The normalized spacial score (nSPS) is 11.0. The Morgan fingerprint density at radius 1 is 0.941 bits per heavy atom. The predicted octanol–water partition coefficient (Wildman–Crippen LogP) is 6.98. The summed E-state index contributed by atoms with van der Waals surface area (Å²) in [6.45, 7) is 6.98. The second-order valence-electron chi connectivity index (χ2n) is 3.92. The Hall–Kier alpha value is 1.63. The highest BCUT2D eigenvalue weighted by Crippen LogP contribution is 2.29. The fourth-order valence-corrected chi connectivity index (χ4v) is 3.68. The van der Waals surface area contributed by atoms with Gasteiger partial charge < -0.3 is 0 Å². The van der Waals surface area contributed by atoms with Crippen molar-refractivity contribution in [3.8, 4) is 0 Å². The van der Waals surface area contributed by atoms with E-state index in [-0.39, 0.29) is 0 Å². The lowest BCUT2D eigenvalue weighted by Gasteiger charge is -2.18. The molecule has 0 saturated heterocycles. The van der Waals surface area contributed by atoms with Gasteiger partial charge in [-0.3, -0.25) is 0 Å². The van der Waals surface area contributed by atoms with E-state index in [1.165, 1.54) is 23.7 Å². The molecule has 0 aliphatic carbocycles. The summed E-state index contributed by atoms with van der Waals surface area (Å²) in [6.07, 6.45) is 0. The molecule has 0 aliphatic rings. The Balaban J connectivity index is 0.000000304. The average Bonchev–Trinajstić information content (AvgIpc) is 2.39. The first-order valence-electron chi connectivity index (χ1n) is 6.01. The van der Waals surface area contributed by atoms with Crippen LogP contribution in [0.15, 0.2) is 30.3 Å². The zero-order chi connectivity index (χ0) is 13.3. The summed E-state index contributed by atoms with van der Waals surface area (Å²) in [7, 11) is 0. The summed E-state index contributed by atoms with van der Waals surface area (Å²) in [5.74, 6) is 0. The summed E-state index contributed by atoms with van der Waals surface area (Å²) in [6, 6.07) is 14.8. The molecule has 0 aliphatic heterocycles. The Morgan fingerprint density at radius 2 is 1.35 bits per heavy atom. The van der Waals surface area contributed by atoms with Crippen molar-refractivity contribution in [2.45, 2.75) is 40.8 Å². The molecule has 0 amide bonds. The van der Waals surface area contributed by atoms with Crippen LogP contribution >= 0.6 is 67.0 Å². The average molecular weight is 586 g/mol. The number of benzene rings is 1. The van der Waals surface area contributed by atoms with Crippen LogP contribution in [0, 0.1) is 0 Å². The van der Waals surface area contributed by atoms with E-state index < -0.39 is 5.57 Å². The minimum Gasteiger partial charge on any atom is -0.119 e. The zero-order valence-corrected chi connectivity index (χ0v) is 18.2. The maximum Gasteiger partial charge on any atom is 0.124 e. The molecule has 1 rings (SSSR count). The maximum atomic E-state index is 2.71. The lowest BCUT2D eigenvalue weighted by atomic mass is 10.2. The molecule has 0 N–H and O–H groups in total. The van der Waals surface area contributed by atoms with Crippen LogP contribution < -0.4 is 0 Å². The van der Waals surface area contributed by atoms with Gasteiger partial charge in [-0.25, -0.2) is 0 Å². The van der Waals surface area contributed by atoms with Crippen molar-refractivity contribution >= 4 is 72.5 Å². The molecular formula is C13H21I3Si. The summed E-state index contributed by atoms with van der Waals surface area (Å²) >= 11 is 7.50. The van der Waals surface area contributed by atoms with Crippen LogP contribution in [0.5, 0.6) is 0 Å². The summed E-state index contributed by atoms with van der Waals surface area (Å²) in [4.78, 5) is 0. The van der Waals surface area contributed by atoms with Crippen LogP contribution in [0.1, 0.15) is 28.3 Å². The van der Waals surface area contributed by atoms with E-state index in [4.69, 9.17) is 0 Å². The molecular weight excluding hydrogens is 565 g/mol. The number of halogens is 3. The van der Waals surface area contributed by atoms with E-state index in [0.717, 1.165) is 0 Å². The van der Waals surface area contributed by atoms with Gasteiger partial charge in [0.1, 0.15) is 5.57 Å². The van der Waals surface area contributed by atoms with E-state index in [9.17, 15) is 0 Å². The van der Waals surface area contributed by atoms with Crippen LogP contribution in [0.2, 0.25) is 18.1 Å². The van der Waals surface area contributed by atoms with Crippen molar-refractivity contribution in [3.05, 3.63) is 35.9 Å². The minimum atomic E-state index is -0.701. The van der Waals surface area contributed by atoms with E-state index in [0.29, 0.717) is 1.93 Å². The van der Waals surface area contributed by atoms with Crippen molar-refractivity contribution in [2.24, 2.45) is 0 Å². The van der Waals surface area contributed by atoms with Gasteiger partial charge in [0, 0.05) is 0 Å². The molecule has 0 unspecified atom stereocenters. The minimum absolute atomic E-state index is 0.599. The highest BCUT2D eigenvalue weighted by atomic mass is 127. The smallest absolute Gasteiger partial charge is 0.119 e. The fourth-order valence-electron chi connectivity index (χ4n) is 1.35. The highest BCUT2D eigenvalue weighted by Gasteiger charge is 2.21. The van der Waals surface area contributed by atoms with Crippen molar-refractivity contribution in [1.82, 2.24) is 0 Å². The lowest BCUT2D eigenvalue weighted by Crippen LogP contribution is -2.21. The highest BCUT2D eigenvalue weighted by molar-refractivity contribution is 14.2. The second-order valence-corrected chi connectivity index (χ2v) is 20.1. The SMILES string of the molecule is CC[Si](I)(CC)CC.IC(I)c1ccccc1. The third-order valence-electron chi connectivity index (χ3n) is 2.95. The van der Waals surface area contributed by atoms with Crippen LogP contribution in [0.3, 0.4) is 0 Å². The monoisotopic (exact) mass is 586 g/mol. The van der Waals surface area contributed by atoms with Crippen molar-refractivity contribution in [2.75, 3.05) is 0 Å². The van der Waals surface area contributed by atoms with Crippen molar-refractivity contribution < 1.29 is 0 Å². The van der Waals surface area contributed by atoms with Gasteiger partial charge in [-0.2, -0.15) is 0 Å². The van der Waals surface area contributed by atoms with Gasteiger partial charge in [-0.15, -0.1) is 21.8 Å². The van der Waals surface area contributed by atoms with Gasteiger partial charge in [0.25, 0.3) is 0 Å². The quantitative estimate of drug-likeness (QED) is 0.155. The predicted molar refractivity (Wildman–Crippen MR) is 108 cm³/mol. The molecule has 0 aromatic heterocycles. The van der Waals surface area contributed by atoms with Gasteiger partial charge in [0.15, 0.2) is 0 Å². The Kier molecular flexibility index (Phi) is 11.4. The molecule has 0 fully saturated rings. The standard InChI is InChI=1S/C7H6I2.C6H15ISi/c8-7(9)6-4-2-1-3-5-6;1-4-8(7,5-2)6-3/h1-5,7H;4-6H2,1-3H3. The maximum absolute atomic E-state index is 2.71. The van der Waals surface area contributed by atoms with E-state index >= 15 is 0 Å². The van der Waals surface area contributed by atoms with Gasteiger partial charge in [-0.1, -0.05) is 114 Å². The Bertz CT molecular complexity index is 276. The first-order chi connectivity index (χ1) is 7.99. The van der Waals surface area contributed by atoms with Crippen LogP contribution in [-0.2, 0) is 0 Å². The third kappa shape index (κ3) is 8.41. The van der Waals surface area contributed by atoms with Crippen molar-refractivity contribution in [1.29, 1.82) is 0 Å². The number of hydrogen-bond acceptors (Lipinski definition) is 0. The topological polar surface area (TPSA) is 0 Å². The molecule has 0 spiro atoms. The van der Waals surface area contributed by atoms with Gasteiger partial charge in [0.05, 0.1) is 1.93 Å². The van der Waals surface area contributed by atoms with E-state index in [1.807, 2.05) is 6.07 Å². The molecule has 0 atom stereocenters.